The largest absolute Gasteiger partial charge is 0.422 e. The molecular formula is C16H10N2O2. The molecule has 4 rings (SSSR count). The molecule has 96 valence electrons. The van der Waals surface area contributed by atoms with Crippen molar-refractivity contribution >= 4 is 23.5 Å². The van der Waals surface area contributed by atoms with E-state index in [2.05, 4.69) is 4.98 Å². The molecule has 20 heavy (non-hydrogen) atoms. The highest BCUT2D eigenvalue weighted by Crippen LogP contribution is 2.31. The molecule has 0 aliphatic carbocycles. The highest BCUT2D eigenvalue weighted by molar-refractivity contribution is 6.06. The summed E-state index contributed by atoms with van der Waals surface area (Å²) in [5, 5.41) is 0. The number of rotatable bonds is 1. The minimum atomic E-state index is -0.304. The molecule has 1 aliphatic rings. The van der Waals surface area contributed by atoms with E-state index in [-0.39, 0.29) is 5.97 Å². The zero-order chi connectivity index (χ0) is 13.5. The molecule has 4 heteroatoms. The van der Waals surface area contributed by atoms with Crippen LogP contribution in [0.15, 0.2) is 55.0 Å². The van der Waals surface area contributed by atoms with Gasteiger partial charge in [-0.05, 0) is 24.3 Å². The number of nitrogens with zero attached hydrogens (tertiary/aromatic N) is 2. The topological polar surface area (TPSA) is 43.6 Å². The summed E-state index contributed by atoms with van der Waals surface area (Å²) in [4.78, 5) is 16.1. The first-order valence-electron chi connectivity index (χ1n) is 6.28. The van der Waals surface area contributed by atoms with E-state index < -0.39 is 0 Å². The molecule has 0 saturated heterocycles. The van der Waals surface area contributed by atoms with Gasteiger partial charge >= 0.3 is 5.97 Å². The molecule has 3 heterocycles. The molecule has 0 fully saturated rings. The van der Waals surface area contributed by atoms with Crippen LogP contribution in [-0.4, -0.2) is 15.4 Å². The Balaban J connectivity index is 1.90. The SMILES string of the molecule is O=C1O/C(=C\c2cccn3ccnc23)c2ccccc21. The smallest absolute Gasteiger partial charge is 0.344 e. The standard InChI is InChI=1S/C16H10N2O2/c19-16-13-6-2-1-5-12(13)14(20-16)10-11-4-3-8-18-9-7-17-15(11)18/h1-10H/b14-10-. The second-order valence-corrected chi connectivity index (χ2v) is 4.57. The second kappa shape index (κ2) is 4.06. The molecule has 0 N–H and O–H groups in total. The first-order chi connectivity index (χ1) is 9.83. The van der Waals surface area contributed by atoms with Crippen LogP contribution in [0.1, 0.15) is 21.5 Å². The zero-order valence-corrected chi connectivity index (χ0v) is 10.5. The maximum atomic E-state index is 11.8. The number of fused-ring (bicyclic) bond motifs is 2. The third kappa shape index (κ3) is 1.55. The van der Waals surface area contributed by atoms with Crippen molar-refractivity contribution in [2.45, 2.75) is 0 Å². The number of cyclic esters (lactones) is 1. The summed E-state index contributed by atoms with van der Waals surface area (Å²) in [5.41, 5.74) is 3.18. The molecule has 1 aliphatic heterocycles. The van der Waals surface area contributed by atoms with Gasteiger partial charge in [-0.2, -0.15) is 0 Å². The number of hydrogen-bond acceptors (Lipinski definition) is 3. The fraction of sp³-hybridized carbons (Fsp3) is 0. The summed E-state index contributed by atoms with van der Waals surface area (Å²) in [6, 6.07) is 11.3. The van der Waals surface area contributed by atoms with Crippen molar-refractivity contribution in [3.63, 3.8) is 0 Å². The minimum absolute atomic E-state index is 0.304. The zero-order valence-electron chi connectivity index (χ0n) is 10.5. The fourth-order valence-electron chi connectivity index (χ4n) is 2.42. The van der Waals surface area contributed by atoms with Gasteiger partial charge < -0.3 is 9.14 Å². The van der Waals surface area contributed by atoms with Gasteiger partial charge in [0.25, 0.3) is 0 Å². The van der Waals surface area contributed by atoms with Crippen LogP contribution in [-0.2, 0) is 4.74 Å². The van der Waals surface area contributed by atoms with Crippen LogP contribution in [0.3, 0.4) is 0 Å². The normalized spacial score (nSPS) is 15.6. The van der Waals surface area contributed by atoms with Crippen molar-refractivity contribution in [3.8, 4) is 0 Å². The average molecular weight is 262 g/mol. The first-order valence-corrected chi connectivity index (χ1v) is 6.28. The van der Waals surface area contributed by atoms with Crippen LogP contribution in [0.4, 0.5) is 0 Å². The molecule has 0 unspecified atom stereocenters. The van der Waals surface area contributed by atoms with E-state index in [0.717, 1.165) is 16.8 Å². The molecule has 1 aromatic carbocycles. The third-order valence-electron chi connectivity index (χ3n) is 3.35. The van der Waals surface area contributed by atoms with Crippen molar-refractivity contribution in [3.05, 3.63) is 71.7 Å². The quantitative estimate of drug-likeness (QED) is 0.633. The van der Waals surface area contributed by atoms with Crippen LogP contribution < -0.4 is 0 Å². The fourth-order valence-corrected chi connectivity index (χ4v) is 2.42. The number of imidazole rings is 1. The lowest BCUT2D eigenvalue weighted by molar-refractivity contribution is 0.0717. The predicted octanol–water partition coefficient (Wildman–Crippen LogP) is 3.00. The second-order valence-electron chi connectivity index (χ2n) is 4.57. The van der Waals surface area contributed by atoms with Crippen molar-refractivity contribution in [2.75, 3.05) is 0 Å². The van der Waals surface area contributed by atoms with Gasteiger partial charge in [-0.25, -0.2) is 9.78 Å². The minimum Gasteiger partial charge on any atom is -0.422 e. The molecule has 0 atom stereocenters. The van der Waals surface area contributed by atoms with Gasteiger partial charge in [-0.1, -0.05) is 18.2 Å². The molecule has 0 bridgehead atoms. The Morgan fingerprint density at radius 2 is 1.90 bits per heavy atom. The lowest BCUT2D eigenvalue weighted by Gasteiger charge is -2.01. The van der Waals surface area contributed by atoms with Gasteiger partial charge in [0.1, 0.15) is 11.4 Å². The molecule has 0 radical (unpaired) electrons. The van der Waals surface area contributed by atoms with Crippen molar-refractivity contribution < 1.29 is 9.53 Å². The Hall–Kier alpha value is -2.88. The van der Waals surface area contributed by atoms with Gasteiger partial charge in [0.2, 0.25) is 0 Å². The average Bonchev–Trinajstić information content (AvgIpc) is 3.06. The van der Waals surface area contributed by atoms with Gasteiger partial charge in [-0.15, -0.1) is 0 Å². The first kappa shape index (κ1) is 11.0. The Morgan fingerprint density at radius 1 is 1.05 bits per heavy atom. The number of pyridine rings is 1. The Morgan fingerprint density at radius 3 is 2.80 bits per heavy atom. The molecule has 4 nitrogen and oxygen atoms in total. The Kier molecular flexibility index (Phi) is 2.23. The molecule has 3 aromatic rings. The van der Waals surface area contributed by atoms with E-state index in [1.807, 2.05) is 53.2 Å². The Labute approximate surface area is 115 Å². The van der Waals surface area contributed by atoms with Gasteiger partial charge in [0.15, 0.2) is 0 Å². The molecule has 0 saturated carbocycles. The predicted molar refractivity (Wildman–Crippen MR) is 74.9 cm³/mol. The lowest BCUT2D eigenvalue weighted by atomic mass is 10.1. The summed E-state index contributed by atoms with van der Waals surface area (Å²) in [5.74, 6) is 0.267. The van der Waals surface area contributed by atoms with Crippen LogP contribution in [0.25, 0.3) is 17.5 Å². The van der Waals surface area contributed by atoms with E-state index in [0.29, 0.717) is 11.3 Å². The van der Waals surface area contributed by atoms with Gasteiger partial charge in [0.05, 0.1) is 5.56 Å². The summed E-state index contributed by atoms with van der Waals surface area (Å²) in [6.07, 6.45) is 7.41. The van der Waals surface area contributed by atoms with E-state index in [1.54, 1.807) is 12.3 Å². The van der Waals surface area contributed by atoms with Crippen molar-refractivity contribution in [1.82, 2.24) is 9.38 Å². The summed E-state index contributed by atoms with van der Waals surface area (Å²) in [7, 11) is 0. The number of carbonyl (C=O) groups is 1. The van der Waals surface area contributed by atoms with Gasteiger partial charge in [0, 0.05) is 29.7 Å². The third-order valence-corrected chi connectivity index (χ3v) is 3.35. The summed E-state index contributed by atoms with van der Waals surface area (Å²) in [6.45, 7) is 0. The highest BCUT2D eigenvalue weighted by Gasteiger charge is 2.25. The number of ether oxygens (including phenoxy) is 1. The number of aromatic nitrogens is 2. The van der Waals surface area contributed by atoms with Crippen molar-refractivity contribution in [2.24, 2.45) is 0 Å². The summed E-state index contributed by atoms with van der Waals surface area (Å²) >= 11 is 0. The van der Waals surface area contributed by atoms with Crippen molar-refractivity contribution in [1.29, 1.82) is 0 Å². The number of hydrogen-bond donors (Lipinski definition) is 0. The van der Waals surface area contributed by atoms with Crippen LogP contribution in [0.2, 0.25) is 0 Å². The molecular weight excluding hydrogens is 252 g/mol. The number of benzene rings is 1. The molecule has 0 amide bonds. The molecule has 2 aromatic heterocycles. The number of esters is 1. The summed E-state index contributed by atoms with van der Waals surface area (Å²) < 4.78 is 7.27. The maximum Gasteiger partial charge on any atom is 0.344 e. The lowest BCUT2D eigenvalue weighted by Crippen LogP contribution is -1.92. The van der Waals surface area contributed by atoms with E-state index in [1.165, 1.54) is 0 Å². The van der Waals surface area contributed by atoms with Gasteiger partial charge in [-0.3, -0.25) is 0 Å². The maximum absolute atomic E-state index is 11.8. The van der Waals surface area contributed by atoms with Crippen LogP contribution in [0, 0.1) is 0 Å². The van der Waals surface area contributed by atoms with E-state index in [4.69, 9.17) is 4.74 Å². The van der Waals surface area contributed by atoms with E-state index >= 15 is 0 Å². The van der Waals surface area contributed by atoms with Crippen LogP contribution in [0.5, 0.6) is 0 Å². The monoisotopic (exact) mass is 262 g/mol. The Bertz CT molecular complexity index is 862. The van der Waals surface area contributed by atoms with E-state index in [9.17, 15) is 4.79 Å². The van der Waals surface area contributed by atoms with Crippen LogP contribution >= 0.6 is 0 Å². The highest BCUT2D eigenvalue weighted by atomic mass is 16.5. The molecule has 0 spiro atoms. The number of carbonyl (C=O) groups excluding carboxylic acids is 1.